The highest BCUT2D eigenvalue weighted by atomic mass is 16.5. The fraction of sp³-hybridized carbons (Fsp3) is 0.400. The molecule has 0 aliphatic carbocycles. The van der Waals surface area contributed by atoms with Gasteiger partial charge in [0.25, 0.3) is 0 Å². The average Bonchev–Trinajstić information content (AvgIpc) is 2.79. The Labute approximate surface area is 113 Å². The van der Waals surface area contributed by atoms with Crippen molar-refractivity contribution in [2.24, 2.45) is 0 Å². The predicted octanol–water partition coefficient (Wildman–Crippen LogP) is 2.57. The summed E-state index contributed by atoms with van der Waals surface area (Å²) in [5.74, 6) is 0.978. The van der Waals surface area contributed by atoms with Crippen LogP contribution in [0.3, 0.4) is 0 Å². The van der Waals surface area contributed by atoms with Gasteiger partial charge in [0.05, 0.1) is 6.61 Å². The predicted molar refractivity (Wildman–Crippen MR) is 76.4 cm³/mol. The van der Waals surface area contributed by atoms with E-state index < -0.39 is 0 Å². The minimum absolute atomic E-state index is 0.0929. The normalized spacial score (nSPS) is 10.6. The maximum absolute atomic E-state index is 11.5. The first-order valence-electron chi connectivity index (χ1n) is 6.73. The molecular weight excluding hydrogens is 240 g/mol. The standard InChI is InChI=1S/C15H20N2O2/c1-3-16-15(18)8-10-17-9-7-12-11-13(19-4-2)5-6-14(12)17/h5-7,9,11H,3-4,8,10H2,1-2H3,(H,16,18). The smallest absolute Gasteiger partial charge is 0.221 e. The molecule has 1 aromatic heterocycles. The molecule has 0 spiro atoms. The number of carbonyl (C=O) groups is 1. The molecule has 0 saturated carbocycles. The van der Waals surface area contributed by atoms with Crippen molar-refractivity contribution in [1.29, 1.82) is 0 Å². The van der Waals surface area contributed by atoms with E-state index in [2.05, 4.69) is 16.0 Å². The molecule has 2 rings (SSSR count). The Bertz CT molecular complexity index is 560. The highest BCUT2D eigenvalue weighted by Crippen LogP contribution is 2.22. The second kappa shape index (κ2) is 6.27. The van der Waals surface area contributed by atoms with E-state index >= 15 is 0 Å². The van der Waals surface area contributed by atoms with Crippen LogP contribution in [-0.2, 0) is 11.3 Å². The molecule has 4 nitrogen and oxygen atoms in total. The maximum atomic E-state index is 11.5. The molecule has 0 bridgehead atoms. The molecule has 0 radical (unpaired) electrons. The van der Waals surface area contributed by atoms with Crippen LogP contribution in [0.25, 0.3) is 10.9 Å². The molecule has 1 aromatic carbocycles. The van der Waals surface area contributed by atoms with Gasteiger partial charge in [0, 0.05) is 36.6 Å². The number of nitrogens with zero attached hydrogens (tertiary/aromatic N) is 1. The highest BCUT2D eigenvalue weighted by molar-refractivity contribution is 5.82. The zero-order valence-electron chi connectivity index (χ0n) is 11.5. The number of aryl methyl sites for hydroxylation is 1. The van der Waals surface area contributed by atoms with Gasteiger partial charge in [-0.1, -0.05) is 0 Å². The Morgan fingerprint density at radius 2 is 2.16 bits per heavy atom. The Hall–Kier alpha value is -1.97. The molecule has 1 amide bonds. The van der Waals surface area contributed by atoms with Crippen molar-refractivity contribution in [2.75, 3.05) is 13.2 Å². The highest BCUT2D eigenvalue weighted by Gasteiger charge is 2.05. The Morgan fingerprint density at radius 3 is 2.89 bits per heavy atom. The summed E-state index contributed by atoms with van der Waals surface area (Å²) < 4.78 is 7.58. The number of rotatable bonds is 6. The summed E-state index contributed by atoms with van der Waals surface area (Å²) in [7, 11) is 0. The molecule has 1 heterocycles. The first-order valence-corrected chi connectivity index (χ1v) is 6.73. The zero-order chi connectivity index (χ0) is 13.7. The minimum Gasteiger partial charge on any atom is -0.494 e. The van der Waals surface area contributed by atoms with E-state index in [1.54, 1.807) is 0 Å². The van der Waals surface area contributed by atoms with Gasteiger partial charge in [-0.15, -0.1) is 0 Å². The summed E-state index contributed by atoms with van der Waals surface area (Å²) in [6.45, 7) is 5.95. The zero-order valence-corrected chi connectivity index (χ0v) is 11.5. The molecular formula is C15H20N2O2. The van der Waals surface area contributed by atoms with E-state index in [-0.39, 0.29) is 5.91 Å². The number of fused-ring (bicyclic) bond motifs is 1. The molecule has 0 aliphatic heterocycles. The van der Waals surface area contributed by atoms with Crippen molar-refractivity contribution in [3.05, 3.63) is 30.5 Å². The SMILES string of the molecule is CCNC(=O)CCn1ccc2cc(OCC)ccc21. The number of hydrogen-bond donors (Lipinski definition) is 1. The summed E-state index contributed by atoms with van der Waals surface area (Å²) in [6, 6.07) is 8.09. The summed E-state index contributed by atoms with van der Waals surface area (Å²) >= 11 is 0. The first-order chi connectivity index (χ1) is 9.24. The lowest BCUT2D eigenvalue weighted by molar-refractivity contribution is -0.121. The number of benzene rings is 1. The molecule has 2 aromatic rings. The quantitative estimate of drug-likeness (QED) is 0.867. The molecule has 4 heteroatoms. The van der Waals surface area contributed by atoms with E-state index in [0.29, 0.717) is 26.1 Å². The van der Waals surface area contributed by atoms with E-state index in [0.717, 1.165) is 16.7 Å². The fourth-order valence-electron chi connectivity index (χ4n) is 2.14. The molecule has 0 saturated heterocycles. The average molecular weight is 260 g/mol. The van der Waals surface area contributed by atoms with Gasteiger partial charge in [-0.2, -0.15) is 0 Å². The third-order valence-corrected chi connectivity index (χ3v) is 3.01. The maximum Gasteiger partial charge on any atom is 0.221 e. The number of ether oxygens (including phenoxy) is 1. The fourth-order valence-corrected chi connectivity index (χ4v) is 2.14. The number of carbonyl (C=O) groups excluding carboxylic acids is 1. The summed E-state index contributed by atoms with van der Waals surface area (Å²) in [4.78, 5) is 11.5. The van der Waals surface area contributed by atoms with Crippen LogP contribution in [0, 0.1) is 0 Å². The lowest BCUT2D eigenvalue weighted by atomic mass is 10.2. The van der Waals surface area contributed by atoms with Gasteiger partial charge in [0.1, 0.15) is 5.75 Å². The lowest BCUT2D eigenvalue weighted by Gasteiger charge is -2.07. The second-order valence-corrected chi connectivity index (χ2v) is 4.37. The van der Waals surface area contributed by atoms with Crippen LogP contribution in [0.4, 0.5) is 0 Å². The molecule has 1 N–H and O–H groups in total. The molecule has 0 unspecified atom stereocenters. The van der Waals surface area contributed by atoms with Crippen molar-refractivity contribution in [1.82, 2.24) is 9.88 Å². The van der Waals surface area contributed by atoms with Crippen LogP contribution in [-0.4, -0.2) is 23.6 Å². The molecule has 102 valence electrons. The number of hydrogen-bond acceptors (Lipinski definition) is 2. The van der Waals surface area contributed by atoms with Gasteiger partial charge in [0.2, 0.25) is 5.91 Å². The number of aromatic nitrogens is 1. The van der Waals surface area contributed by atoms with E-state index in [4.69, 9.17) is 4.74 Å². The third kappa shape index (κ3) is 3.28. The van der Waals surface area contributed by atoms with E-state index in [1.165, 1.54) is 0 Å². The number of nitrogens with one attached hydrogen (secondary N) is 1. The van der Waals surface area contributed by atoms with E-state index in [9.17, 15) is 4.79 Å². The van der Waals surface area contributed by atoms with Gasteiger partial charge in [0.15, 0.2) is 0 Å². The van der Waals surface area contributed by atoms with Gasteiger partial charge in [-0.3, -0.25) is 4.79 Å². The van der Waals surface area contributed by atoms with Gasteiger partial charge >= 0.3 is 0 Å². The lowest BCUT2D eigenvalue weighted by Crippen LogP contribution is -2.23. The Kier molecular flexibility index (Phi) is 4.44. The van der Waals surface area contributed by atoms with Crippen LogP contribution in [0.15, 0.2) is 30.5 Å². The molecule has 0 aliphatic rings. The van der Waals surface area contributed by atoms with Crippen molar-refractivity contribution >= 4 is 16.8 Å². The monoisotopic (exact) mass is 260 g/mol. The molecule has 0 fully saturated rings. The number of amides is 1. The Balaban J connectivity index is 2.10. The second-order valence-electron chi connectivity index (χ2n) is 4.37. The van der Waals surface area contributed by atoms with Crippen LogP contribution in [0.5, 0.6) is 5.75 Å². The topological polar surface area (TPSA) is 43.3 Å². The summed E-state index contributed by atoms with van der Waals surface area (Å²) in [5, 5.41) is 3.95. The summed E-state index contributed by atoms with van der Waals surface area (Å²) in [5.41, 5.74) is 1.13. The van der Waals surface area contributed by atoms with Crippen LogP contribution >= 0.6 is 0 Å². The van der Waals surface area contributed by atoms with Gasteiger partial charge in [-0.05, 0) is 38.1 Å². The molecule has 0 atom stereocenters. The van der Waals surface area contributed by atoms with E-state index in [1.807, 2.05) is 38.2 Å². The van der Waals surface area contributed by atoms with Gasteiger partial charge in [-0.25, -0.2) is 0 Å². The third-order valence-electron chi connectivity index (χ3n) is 3.01. The molecule has 19 heavy (non-hydrogen) atoms. The van der Waals surface area contributed by atoms with Crippen molar-refractivity contribution in [3.8, 4) is 5.75 Å². The van der Waals surface area contributed by atoms with Crippen LogP contribution < -0.4 is 10.1 Å². The van der Waals surface area contributed by atoms with Crippen molar-refractivity contribution in [2.45, 2.75) is 26.8 Å². The largest absolute Gasteiger partial charge is 0.494 e. The minimum atomic E-state index is 0.0929. The first kappa shape index (κ1) is 13.5. The Morgan fingerprint density at radius 1 is 1.32 bits per heavy atom. The summed E-state index contributed by atoms with van der Waals surface area (Å²) in [6.07, 6.45) is 2.52. The van der Waals surface area contributed by atoms with Crippen LogP contribution in [0.1, 0.15) is 20.3 Å². The van der Waals surface area contributed by atoms with Crippen LogP contribution in [0.2, 0.25) is 0 Å². The van der Waals surface area contributed by atoms with Crippen molar-refractivity contribution < 1.29 is 9.53 Å². The van der Waals surface area contributed by atoms with Crippen molar-refractivity contribution in [3.63, 3.8) is 0 Å². The van der Waals surface area contributed by atoms with Gasteiger partial charge < -0.3 is 14.6 Å².